The molecule has 8 rings (SSSR count). The summed E-state index contributed by atoms with van der Waals surface area (Å²) < 4.78 is 73.2. The average molecular weight is 981 g/mol. The van der Waals surface area contributed by atoms with Gasteiger partial charge >= 0.3 is 10.2 Å². The number of carbonyl (C=O) groups is 3. The van der Waals surface area contributed by atoms with Crippen LogP contribution in [0, 0.1) is 23.0 Å². The van der Waals surface area contributed by atoms with Crippen LogP contribution in [0.4, 0.5) is 20.2 Å². The van der Waals surface area contributed by atoms with Crippen LogP contribution in [0.2, 0.25) is 0 Å². The first-order chi connectivity index (χ1) is 31.1. The van der Waals surface area contributed by atoms with Crippen LogP contribution in [0.5, 0.6) is 11.5 Å². The van der Waals surface area contributed by atoms with Gasteiger partial charge < -0.3 is 19.7 Å². The molecule has 4 aliphatic rings. The van der Waals surface area contributed by atoms with E-state index in [1.807, 2.05) is 11.0 Å². The van der Waals surface area contributed by atoms with Crippen LogP contribution < -0.4 is 25.7 Å². The number of aromatic nitrogens is 2. The van der Waals surface area contributed by atoms with Crippen LogP contribution in [0.15, 0.2) is 58.1 Å². The molecule has 3 aromatic carbocycles. The van der Waals surface area contributed by atoms with Crippen molar-refractivity contribution < 1.29 is 41.1 Å². The second kappa shape index (κ2) is 18.8. The summed E-state index contributed by atoms with van der Waals surface area (Å²) in [6, 6.07) is 10.9. The van der Waals surface area contributed by atoms with E-state index in [0.717, 1.165) is 16.4 Å². The highest BCUT2D eigenvalue weighted by molar-refractivity contribution is 9.10. The van der Waals surface area contributed by atoms with Gasteiger partial charge in [0, 0.05) is 38.8 Å². The predicted octanol–water partition coefficient (Wildman–Crippen LogP) is 5.13. The minimum Gasteiger partial charge on any atom is -0.452 e. The first-order valence-electron chi connectivity index (χ1n) is 21.5. The van der Waals surface area contributed by atoms with Crippen molar-refractivity contribution in [1.82, 2.24) is 29.0 Å². The maximum absolute atomic E-state index is 15.3. The summed E-state index contributed by atoms with van der Waals surface area (Å²) >= 11 is 3.45. The number of hydrogen-bond donors (Lipinski definition) is 3. The van der Waals surface area contributed by atoms with Crippen LogP contribution in [-0.4, -0.2) is 114 Å². The number of nitrogens with one attached hydrogen (secondary N) is 3. The predicted molar refractivity (Wildman–Crippen MR) is 238 cm³/mol. The van der Waals surface area contributed by atoms with Crippen molar-refractivity contribution in [3.8, 4) is 17.6 Å². The van der Waals surface area contributed by atoms with E-state index in [9.17, 15) is 32.9 Å². The largest absolute Gasteiger partial charge is 0.452 e. The number of anilines is 2. The van der Waals surface area contributed by atoms with Gasteiger partial charge in [-0.3, -0.25) is 38.7 Å². The van der Waals surface area contributed by atoms with E-state index in [-0.39, 0.29) is 77.0 Å². The van der Waals surface area contributed by atoms with Crippen LogP contribution >= 0.6 is 15.9 Å². The van der Waals surface area contributed by atoms with Gasteiger partial charge in [0.1, 0.15) is 29.2 Å². The Morgan fingerprint density at radius 1 is 1.08 bits per heavy atom. The molecule has 344 valence electrons. The molecular weight excluding hydrogens is 933 g/mol. The summed E-state index contributed by atoms with van der Waals surface area (Å²) in [6.07, 6.45) is 5.09. The van der Waals surface area contributed by atoms with Gasteiger partial charge in [0.15, 0.2) is 11.6 Å². The molecule has 4 fully saturated rings. The molecule has 3 amide bonds. The number of nitrogens with zero attached hydrogens (tertiary/aromatic N) is 6. The van der Waals surface area contributed by atoms with E-state index >= 15 is 8.78 Å². The van der Waals surface area contributed by atoms with E-state index < -0.39 is 50.4 Å². The summed E-state index contributed by atoms with van der Waals surface area (Å²) in [7, 11) is -2.70. The minimum absolute atomic E-state index is 0.00226. The van der Waals surface area contributed by atoms with Crippen LogP contribution in [-0.2, 0) is 29.3 Å². The third kappa shape index (κ3) is 9.59. The topological polar surface area (TPSA) is 208 Å². The Hall–Kier alpha value is -5.53. The highest BCUT2D eigenvalue weighted by Crippen LogP contribution is 2.42. The molecule has 2 unspecified atom stereocenters. The van der Waals surface area contributed by atoms with Gasteiger partial charge in [0.2, 0.25) is 17.7 Å². The highest BCUT2D eigenvalue weighted by Gasteiger charge is 2.44. The van der Waals surface area contributed by atoms with Crippen molar-refractivity contribution in [2.75, 3.05) is 63.0 Å². The number of ether oxygens (including phenoxy) is 2. The lowest BCUT2D eigenvalue weighted by atomic mass is 9.87. The summed E-state index contributed by atoms with van der Waals surface area (Å²) in [6.45, 7) is 4.53. The molecular formula is C44H48BrF2N9O8S. The number of hydrogen-bond acceptors (Lipinski definition) is 12. The fourth-order valence-corrected chi connectivity index (χ4v) is 10.6. The van der Waals surface area contributed by atoms with Crippen molar-refractivity contribution in [1.29, 1.82) is 5.26 Å². The lowest BCUT2D eigenvalue weighted by Crippen LogP contribution is -2.50. The van der Waals surface area contributed by atoms with E-state index in [0.29, 0.717) is 81.5 Å². The summed E-state index contributed by atoms with van der Waals surface area (Å²) in [5, 5.41) is 15.4. The maximum Gasteiger partial charge on any atom is 0.301 e. The first kappa shape index (κ1) is 46.0. The molecule has 0 bridgehead atoms. The Morgan fingerprint density at radius 3 is 2.52 bits per heavy atom. The summed E-state index contributed by atoms with van der Waals surface area (Å²) in [5.74, 6) is -2.55. The lowest BCUT2D eigenvalue weighted by Gasteiger charge is -2.40. The van der Waals surface area contributed by atoms with Gasteiger partial charge in [0.05, 0.1) is 52.2 Å². The molecule has 5 heterocycles. The fourth-order valence-electron chi connectivity index (χ4n) is 9.04. The van der Waals surface area contributed by atoms with E-state index in [2.05, 4.69) is 41.2 Å². The van der Waals surface area contributed by atoms with Crippen molar-refractivity contribution in [3.63, 3.8) is 0 Å². The zero-order valence-corrected chi connectivity index (χ0v) is 38.1. The van der Waals surface area contributed by atoms with E-state index in [1.165, 1.54) is 36.1 Å². The Labute approximate surface area is 382 Å². The number of halogens is 3. The van der Waals surface area contributed by atoms with E-state index in [1.54, 1.807) is 19.1 Å². The Bertz CT molecular complexity index is 2750. The van der Waals surface area contributed by atoms with Gasteiger partial charge in [-0.1, -0.05) is 13.0 Å². The number of benzene rings is 3. The SMILES string of the molecule is CCN(C)S(=O)(=O)Nc1ccc(F)c(Oc2ccc3ncn(C4COC5(CCN(C(=O)CN6CCC(c7ccc(NC8CCC(=O)NC8=O)cc7F)CC6)CC5)C4)c(=O)c3c2Br)c1C#N. The molecule has 4 aliphatic heterocycles. The first-order valence-corrected chi connectivity index (χ1v) is 23.7. The zero-order chi connectivity index (χ0) is 46.2. The van der Waals surface area contributed by atoms with Crippen molar-refractivity contribution in [2.45, 2.75) is 75.5 Å². The molecule has 21 heteroatoms. The highest BCUT2D eigenvalue weighted by atomic mass is 79.9. The van der Waals surface area contributed by atoms with Crippen LogP contribution in [0.3, 0.4) is 0 Å². The Kier molecular flexibility index (Phi) is 13.3. The third-order valence-electron chi connectivity index (χ3n) is 13.0. The quantitative estimate of drug-likeness (QED) is 0.158. The molecule has 65 heavy (non-hydrogen) atoms. The van der Waals surface area contributed by atoms with Crippen molar-refractivity contribution >= 4 is 66.1 Å². The van der Waals surface area contributed by atoms with Gasteiger partial charge in [-0.05, 0) is 115 Å². The molecule has 0 aliphatic carbocycles. The van der Waals surface area contributed by atoms with Crippen LogP contribution in [0.1, 0.15) is 75.0 Å². The normalized spacial score (nSPS) is 20.5. The average Bonchev–Trinajstić information content (AvgIpc) is 3.69. The third-order valence-corrected chi connectivity index (χ3v) is 15.3. The second-order valence-electron chi connectivity index (χ2n) is 16.9. The number of imide groups is 1. The molecule has 3 N–H and O–H groups in total. The Balaban J connectivity index is 0.862. The number of nitriles is 1. The van der Waals surface area contributed by atoms with Crippen LogP contribution in [0.25, 0.3) is 10.9 Å². The molecule has 0 radical (unpaired) electrons. The fraction of sp³-hybridized carbons (Fsp3) is 0.455. The zero-order valence-electron chi connectivity index (χ0n) is 35.7. The number of rotatable bonds is 12. The standard InChI is InChI=1S/C44H48BrF2N9O8S/c1-3-53(2)65(61,62)52-33-7-6-31(46)41(30(33)22-48)64-36-10-8-34-39(40(36)45)43(60)56(25-49-34)28-21-44(63-24-28)14-18-55(19-15-44)38(58)23-54-16-12-26(13-17-54)29-5-4-27(20-32(29)47)50-35-9-11-37(57)51-42(35)59/h4-8,10,20,25-26,28,35,50,52H,3,9,11-19,21,23-24H2,1-2H3,(H,51,57,59). The molecule has 4 aromatic rings. The lowest BCUT2D eigenvalue weighted by molar-refractivity contribution is -0.137. The van der Waals surface area contributed by atoms with Crippen molar-refractivity contribution in [2.24, 2.45) is 0 Å². The van der Waals surface area contributed by atoms with Crippen molar-refractivity contribution in [3.05, 3.63) is 86.4 Å². The Morgan fingerprint density at radius 2 is 1.83 bits per heavy atom. The monoisotopic (exact) mass is 979 g/mol. The number of likely N-dealkylation sites (tertiary alicyclic amines) is 2. The molecule has 1 aromatic heterocycles. The number of amides is 3. The molecule has 4 saturated heterocycles. The van der Waals surface area contributed by atoms with E-state index in [4.69, 9.17) is 9.47 Å². The smallest absolute Gasteiger partial charge is 0.301 e. The second-order valence-corrected chi connectivity index (χ2v) is 19.5. The van der Waals surface area contributed by atoms with Gasteiger partial charge in [-0.25, -0.2) is 13.8 Å². The van der Waals surface area contributed by atoms with Gasteiger partial charge in [-0.2, -0.15) is 18.0 Å². The number of carbonyl (C=O) groups excluding carboxylic acids is 3. The maximum atomic E-state index is 15.3. The van der Waals surface area contributed by atoms with Gasteiger partial charge in [-0.15, -0.1) is 0 Å². The molecule has 2 atom stereocenters. The van der Waals surface area contributed by atoms with Gasteiger partial charge in [0.25, 0.3) is 5.56 Å². The summed E-state index contributed by atoms with van der Waals surface area (Å²) in [5.41, 5.74) is -0.111. The minimum atomic E-state index is -4.05. The molecule has 17 nitrogen and oxygen atoms in total. The summed E-state index contributed by atoms with van der Waals surface area (Å²) in [4.78, 5) is 59.7. The molecule has 0 saturated carbocycles. The molecule has 1 spiro atoms. The number of fused-ring (bicyclic) bond motifs is 1. The number of piperidine rings is 3.